The standard InChI is InChI=1S/C16H22BrN3O3.ClH/c1-20(10-11-4-2-3-5-13(11)17)15(22)6-7-18-16(23)14-8-12(21)9-19-14;/h2-5,12,14,19,21H,6-10H2,1H3,(H,18,23);1H. The number of nitrogens with zero attached hydrogens (tertiary/aromatic N) is 1. The van der Waals surface area contributed by atoms with E-state index >= 15 is 0 Å². The van der Waals surface area contributed by atoms with Crippen LogP contribution in [0.15, 0.2) is 28.7 Å². The summed E-state index contributed by atoms with van der Waals surface area (Å²) in [4.78, 5) is 25.6. The van der Waals surface area contributed by atoms with Crippen molar-refractivity contribution in [1.82, 2.24) is 15.5 Å². The van der Waals surface area contributed by atoms with Crippen molar-refractivity contribution in [2.75, 3.05) is 20.1 Å². The number of hydrogen-bond donors (Lipinski definition) is 3. The Morgan fingerprint density at radius 1 is 1.42 bits per heavy atom. The summed E-state index contributed by atoms with van der Waals surface area (Å²) in [6.45, 7) is 1.25. The number of aliphatic hydroxyl groups is 1. The number of halogens is 2. The summed E-state index contributed by atoms with van der Waals surface area (Å²) in [5, 5.41) is 15.1. The molecule has 1 aromatic carbocycles. The molecule has 1 aliphatic rings. The van der Waals surface area contributed by atoms with Gasteiger partial charge in [-0.25, -0.2) is 0 Å². The smallest absolute Gasteiger partial charge is 0.237 e. The zero-order chi connectivity index (χ0) is 16.8. The highest BCUT2D eigenvalue weighted by Gasteiger charge is 2.27. The van der Waals surface area contributed by atoms with Crippen LogP contribution in [0.4, 0.5) is 0 Å². The minimum absolute atomic E-state index is 0. The van der Waals surface area contributed by atoms with E-state index in [2.05, 4.69) is 26.6 Å². The molecule has 0 spiro atoms. The van der Waals surface area contributed by atoms with Crippen molar-refractivity contribution in [1.29, 1.82) is 0 Å². The second kappa shape index (κ2) is 9.98. The van der Waals surface area contributed by atoms with E-state index in [1.807, 2.05) is 24.3 Å². The van der Waals surface area contributed by atoms with Gasteiger partial charge in [0, 0.05) is 37.6 Å². The van der Waals surface area contributed by atoms with Crippen molar-refractivity contribution in [2.24, 2.45) is 0 Å². The number of aliphatic hydroxyl groups excluding tert-OH is 1. The molecule has 0 saturated carbocycles. The van der Waals surface area contributed by atoms with Gasteiger partial charge in [-0.2, -0.15) is 0 Å². The van der Waals surface area contributed by atoms with Gasteiger partial charge in [0.25, 0.3) is 0 Å². The Labute approximate surface area is 156 Å². The lowest BCUT2D eigenvalue weighted by Crippen LogP contribution is -2.41. The average molecular weight is 421 g/mol. The molecule has 1 saturated heterocycles. The summed E-state index contributed by atoms with van der Waals surface area (Å²) in [6.07, 6.45) is 0.201. The Hall–Kier alpha value is -1.15. The number of amides is 2. The first kappa shape index (κ1) is 20.9. The van der Waals surface area contributed by atoms with Gasteiger partial charge in [-0.05, 0) is 18.1 Å². The molecule has 2 rings (SSSR count). The number of hydrogen-bond acceptors (Lipinski definition) is 4. The molecule has 24 heavy (non-hydrogen) atoms. The fourth-order valence-electron chi connectivity index (χ4n) is 2.49. The maximum absolute atomic E-state index is 12.1. The third-order valence-corrected chi connectivity index (χ3v) is 4.63. The molecule has 0 aromatic heterocycles. The van der Waals surface area contributed by atoms with Crippen LogP contribution in [0, 0.1) is 0 Å². The molecule has 1 aliphatic heterocycles. The van der Waals surface area contributed by atoms with Gasteiger partial charge < -0.3 is 20.6 Å². The fraction of sp³-hybridized carbons (Fsp3) is 0.500. The highest BCUT2D eigenvalue weighted by Crippen LogP contribution is 2.17. The summed E-state index contributed by atoms with van der Waals surface area (Å²) < 4.78 is 0.971. The van der Waals surface area contributed by atoms with Gasteiger partial charge in [0.2, 0.25) is 11.8 Å². The zero-order valence-electron chi connectivity index (χ0n) is 13.5. The van der Waals surface area contributed by atoms with Gasteiger partial charge in [0.1, 0.15) is 0 Å². The van der Waals surface area contributed by atoms with Gasteiger partial charge in [-0.3, -0.25) is 9.59 Å². The summed E-state index contributed by atoms with van der Waals surface area (Å²) in [7, 11) is 1.75. The van der Waals surface area contributed by atoms with Gasteiger partial charge in [0.15, 0.2) is 0 Å². The van der Waals surface area contributed by atoms with Crippen molar-refractivity contribution in [2.45, 2.75) is 31.5 Å². The number of rotatable bonds is 6. The molecular formula is C16H23BrClN3O3. The summed E-state index contributed by atoms with van der Waals surface area (Å²) in [6, 6.07) is 7.41. The van der Waals surface area contributed by atoms with Crippen molar-refractivity contribution in [3.05, 3.63) is 34.3 Å². The van der Waals surface area contributed by atoms with Gasteiger partial charge >= 0.3 is 0 Å². The number of carbonyl (C=O) groups is 2. The molecule has 0 bridgehead atoms. The molecule has 6 nitrogen and oxygen atoms in total. The first-order chi connectivity index (χ1) is 11.0. The molecule has 2 amide bonds. The van der Waals surface area contributed by atoms with E-state index in [-0.39, 0.29) is 36.7 Å². The normalized spacial score (nSPS) is 19.5. The first-order valence-electron chi connectivity index (χ1n) is 7.64. The second-order valence-electron chi connectivity index (χ2n) is 5.73. The molecule has 2 atom stereocenters. The van der Waals surface area contributed by atoms with Crippen LogP contribution >= 0.6 is 28.3 Å². The van der Waals surface area contributed by atoms with Crippen LogP contribution in [0.25, 0.3) is 0 Å². The average Bonchev–Trinajstić information content (AvgIpc) is 2.96. The predicted molar refractivity (Wildman–Crippen MR) is 97.9 cm³/mol. The van der Waals surface area contributed by atoms with Crippen molar-refractivity contribution in [3.8, 4) is 0 Å². The molecule has 1 heterocycles. The van der Waals surface area contributed by atoms with E-state index in [0.717, 1.165) is 10.0 Å². The van der Waals surface area contributed by atoms with Crippen LogP contribution in [0.1, 0.15) is 18.4 Å². The van der Waals surface area contributed by atoms with E-state index in [1.54, 1.807) is 11.9 Å². The number of carbonyl (C=O) groups excluding carboxylic acids is 2. The minimum Gasteiger partial charge on any atom is -0.392 e. The fourth-order valence-corrected chi connectivity index (χ4v) is 2.90. The Bertz CT molecular complexity index is 573. The van der Waals surface area contributed by atoms with Gasteiger partial charge in [-0.1, -0.05) is 34.1 Å². The molecule has 3 N–H and O–H groups in total. The third-order valence-electron chi connectivity index (χ3n) is 3.85. The van der Waals surface area contributed by atoms with Crippen molar-refractivity contribution < 1.29 is 14.7 Å². The van der Waals surface area contributed by atoms with Crippen molar-refractivity contribution >= 4 is 40.2 Å². The van der Waals surface area contributed by atoms with Crippen LogP contribution in [-0.2, 0) is 16.1 Å². The van der Waals surface area contributed by atoms with Crippen LogP contribution in [0.5, 0.6) is 0 Å². The maximum atomic E-state index is 12.1. The second-order valence-corrected chi connectivity index (χ2v) is 6.59. The number of β-amino-alcohol motifs (C(OH)–C–C–N with tert-alkyl or cyclic N) is 1. The maximum Gasteiger partial charge on any atom is 0.237 e. The van der Waals surface area contributed by atoms with Crippen LogP contribution in [-0.4, -0.2) is 54.1 Å². The van der Waals surface area contributed by atoms with E-state index in [4.69, 9.17) is 0 Å². The van der Waals surface area contributed by atoms with E-state index in [0.29, 0.717) is 26.1 Å². The van der Waals surface area contributed by atoms with E-state index < -0.39 is 6.10 Å². The Balaban J connectivity index is 0.00000288. The molecule has 134 valence electrons. The third kappa shape index (κ3) is 6.05. The van der Waals surface area contributed by atoms with E-state index in [1.165, 1.54) is 0 Å². The largest absolute Gasteiger partial charge is 0.392 e. The monoisotopic (exact) mass is 419 g/mol. The summed E-state index contributed by atoms with van der Waals surface area (Å²) in [5.41, 5.74) is 1.04. The van der Waals surface area contributed by atoms with Crippen LogP contribution in [0.3, 0.4) is 0 Å². The predicted octanol–water partition coefficient (Wildman–Crippen LogP) is 1.06. The quantitative estimate of drug-likeness (QED) is 0.643. The summed E-state index contributed by atoms with van der Waals surface area (Å²) in [5.74, 6) is -0.191. The van der Waals surface area contributed by atoms with Crippen molar-refractivity contribution in [3.63, 3.8) is 0 Å². The first-order valence-corrected chi connectivity index (χ1v) is 8.43. The van der Waals surface area contributed by atoms with Crippen LogP contribution in [0.2, 0.25) is 0 Å². The lowest BCUT2D eigenvalue weighted by Gasteiger charge is -2.18. The lowest BCUT2D eigenvalue weighted by atomic mass is 10.2. The van der Waals surface area contributed by atoms with Gasteiger partial charge in [0.05, 0.1) is 12.1 Å². The van der Waals surface area contributed by atoms with Gasteiger partial charge in [-0.15, -0.1) is 12.4 Å². The summed E-state index contributed by atoms with van der Waals surface area (Å²) >= 11 is 3.47. The molecule has 1 fully saturated rings. The zero-order valence-corrected chi connectivity index (χ0v) is 15.9. The van der Waals surface area contributed by atoms with E-state index in [9.17, 15) is 14.7 Å². The highest BCUT2D eigenvalue weighted by molar-refractivity contribution is 9.10. The topological polar surface area (TPSA) is 81.7 Å². The molecule has 1 aromatic rings. The number of nitrogens with one attached hydrogen (secondary N) is 2. The number of benzene rings is 1. The molecule has 0 radical (unpaired) electrons. The lowest BCUT2D eigenvalue weighted by molar-refractivity contribution is -0.130. The Morgan fingerprint density at radius 2 is 2.12 bits per heavy atom. The molecular weight excluding hydrogens is 398 g/mol. The Morgan fingerprint density at radius 3 is 2.75 bits per heavy atom. The molecule has 2 unspecified atom stereocenters. The van der Waals surface area contributed by atoms with Crippen LogP contribution < -0.4 is 10.6 Å². The highest BCUT2D eigenvalue weighted by atomic mass is 79.9. The Kier molecular flexibility index (Phi) is 8.69. The minimum atomic E-state index is -0.470. The molecule has 0 aliphatic carbocycles. The SMILES string of the molecule is CN(Cc1ccccc1Br)C(=O)CCNC(=O)C1CC(O)CN1.Cl. The molecule has 8 heteroatoms.